The van der Waals surface area contributed by atoms with Gasteiger partial charge >= 0.3 is 0 Å². The summed E-state index contributed by atoms with van der Waals surface area (Å²) < 4.78 is 28.0. The summed E-state index contributed by atoms with van der Waals surface area (Å²) >= 11 is 0. The second kappa shape index (κ2) is 5.06. The van der Waals surface area contributed by atoms with Crippen LogP contribution in [0.15, 0.2) is 4.90 Å². The first-order valence-corrected chi connectivity index (χ1v) is 7.77. The van der Waals surface area contributed by atoms with E-state index in [-0.39, 0.29) is 17.3 Å². The van der Waals surface area contributed by atoms with Crippen LogP contribution in [0, 0.1) is 12.8 Å². The SMILES string of the molecule is Cc1c(S(=O)(=O)N2CCCC(C(N)=O)C2)c(N)nn1C. The number of carbonyl (C=O) groups excluding carboxylic acids is 1. The van der Waals surface area contributed by atoms with Gasteiger partial charge in [0, 0.05) is 20.1 Å². The van der Waals surface area contributed by atoms with Crippen molar-refractivity contribution in [3.05, 3.63) is 5.69 Å². The molecule has 1 saturated heterocycles. The van der Waals surface area contributed by atoms with Crippen LogP contribution in [0.25, 0.3) is 0 Å². The first-order chi connectivity index (χ1) is 9.25. The lowest BCUT2D eigenvalue weighted by atomic mass is 9.99. The highest BCUT2D eigenvalue weighted by molar-refractivity contribution is 7.89. The summed E-state index contributed by atoms with van der Waals surface area (Å²) in [5.41, 5.74) is 11.4. The van der Waals surface area contributed by atoms with E-state index in [9.17, 15) is 13.2 Å². The minimum atomic E-state index is -3.75. The van der Waals surface area contributed by atoms with Gasteiger partial charge in [0.1, 0.15) is 4.90 Å². The van der Waals surface area contributed by atoms with Gasteiger partial charge in [-0.1, -0.05) is 0 Å². The van der Waals surface area contributed by atoms with Crippen LogP contribution in [-0.4, -0.2) is 41.5 Å². The van der Waals surface area contributed by atoms with E-state index in [0.29, 0.717) is 25.1 Å². The van der Waals surface area contributed by atoms with Gasteiger partial charge in [-0.25, -0.2) is 8.42 Å². The van der Waals surface area contributed by atoms with Crippen LogP contribution in [0.3, 0.4) is 0 Å². The smallest absolute Gasteiger partial charge is 0.248 e. The number of primary amides is 1. The molecule has 1 unspecified atom stereocenters. The van der Waals surface area contributed by atoms with Crippen molar-refractivity contribution in [2.45, 2.75) is 24.7 Å². The predicted molar refractivity (Wildman–Crippen MR) is 73.0 cm³/mol. The molecule has 2 heterocycles. The first kappa shape index (κ1) is 14.8. The Morgan fingerprint density at radius 2 is 2.10 bits per heavy atom. The third-order valence-electron chi connectivity index (χ3n) is 3.69. The molecule has 1 aliphatic rings. The van der Waals surface area contributed by atoms with E-state index in [4.69, 9.17) is 11.5 Å². The van der Waals surface area contributed by atoms with Crippen LogP contribution in [0.2, 0.25) is 0 Å². The standard InChI is InChI=1S/C11H19N5O3S/c1-7-9(10(12)14-15(7)2)20(18,19)16-5-3-4-8(6-16)11(13)17/h8H,3-6H2,1-2H3,(H2,12,14)(H2,13,17). The number of nitrogen functional groups attached to an aromatic ring is 1. The number of aromatic nitrogens is 2. The maximum absolute atomic E-state index is 12.7. The van der Waals surface area contributed by atoms with Crippen molar-refractivity contribution in [2.24, 2.45) is 18.7 Å². The fourth-order valence-electron chi connectivity index (χ4n) is 2.46. The Morgan fingerprint density at radius 3 is 2.60 bits per heavy atom. The molecule has 1 aliphatic heterocycles. The zero-order valence-electron chi connectivity index (χ0n) is 11.5. The van der Waals surface area contributed by atoms with Gasteiger partial charge in [0.05, 0.1) is 11.6 Å². The Morgan fingerprint density at radius 1 is 1.45 bits per heavy atom. The number of nitrogens with zero attached hydrogens (tertiary/aromatic N) is 3. The van der Waals surface area contributed by atoms with E-state index in [0.717, 1.165) is 0 Å². The molecule has 1 atom stereocenters. The molecule has 1 aromatic heterocycles. The molecule has 0 spiro atoms. The Kier molecular flexibility index (Phi) is 3.74. The van der Waals surface area contributed by atoms with E-state index in [2.05, 4.69) is 5.10 Å². The molecule has 112 valence electrons. The van der Waals surface area contributed by atoms with E-state index in [1.807, 2.05) is 0 Å². The number of aryl methyl sites for hydroxylation is 1. The highest BCUT2D eigenvalue weighted by atomic mass is 32.2. The van der Waals surface area contributed by atoms with Crippen molar-refractivity contribution in [1.29, 1.82) is 0 Å². The zero-order chi connectivity index (χ0) is 15.1. The minimum Gasteiger partial charge on any atom is -0.381 e. The summed E-state index contributed by atoms with van der Waals surface area (Å²) in [6.07, 6.45) is 1.22. The minimum absolute atomic E-state index is 0.0186. The zero-order valence-corrected chi connectivity index (χ0v) is 12.4. The Labute approximate surface area is 117 Å². The summed E-state index contributed by atoms with van der Waals surface area (Å²) in [6, 6.07) is 0. The van der Waals surface area contributed by atoms with Gasteiger partial charge in [-0.15, -0.1) is 0 Å². The number of hydrogen-bond acceptors (Lipinski definition) is 5. The van der Waals surface area contributed by atoms with Crippen LogP contribution >= 0.6 is 0 Å². The number of sulfonamides is 1. The molecule has 8 nitrogen and oxygen atoms in total. The van der Waals surface area contributed by atoms with Crippen molar-refractivity contribution in [2.75, 3.05) is 18.8 Å². The quantitative estimate of drug-likeness (QED) is 0.756. The van der Waals surface area contributed by atoms with Crippen LogP contribution < -0.4 is 11.5 Å². The van der Waals surface area contributed by atoms with Gasteiger partial charge in [0.15, 0.2) is 5.82 Å². The third kappa shape index (κ3) is 2.38. The van der Waals surface area contributed by atoms with Crippen molar-refractivity contribution < 1.29 is 13.2 Å². The molecule has 20 heavy (non-hydrogen) atoms. The highest BCUT2D eigenvalue weighted by Gasteiger charge is 2.35. The van der Waals surface area contributed by atoms with E-state index < -0.39 is 21.8 Å². The number of anilines is 1. The molecule has 0 aliphatic carbocycles. The van der Waals surface area contributed by atoms with Gasteiger partial charge in [0.25, 0.3) is 0 Å². The topological polar surface area (TPSA) is 124 Å². The number of hydrogen-bond donors (Lipinski definition) is 2. The van der Waals surface area contributed by atoms with Crippen molar-refractivity contribution in [3.63, 3.8) is 0 Å². The molecule has 1 fully saturated rings. The van der Waals surface area contributed by atoms with Crippen LogP contribution in [0.4, 0.5) is 5.82 Å². The lowest BCUT2D eigenvalue weighted by Crippen LogP contribution is -2.44. The number of piperidine rings is 1. The van der Waals surface area contributed by atoms with Crippen LogP contribution in [0.1, 0.15) is 18.5 Å². The molecular formula is C11H19N5O3S. The Balaban J connectivity index is 2.37. The monoisotopic (exact) mass is 301 g/mol. The fourth-order valence-corrected chi connectivity index (χ4v) is 4.27. The Bertz CT molecular complexity index is 637. The Hall–Kier alpha value is -1.61. The average molecular weight is 301 g/mol. The number of amides is 1. The van der Waals surface area contributed by atoms with Gasteiger partial charge in [-0.2, -0.15) is 9.40 Å². The molecule has 1 amide bonds. The van der Waals surface area contributed by atoms with Gasteiger partial charge in [-0.05, 0) is 19.8 Å². The molecule has 4 N–H and O–H groups in total. The second-order valence-electron chi connectivity index (χ2n) is 5.03. The normalized spacial score (nSPS) is 21.0. The van der Waals surface area contributed by atoms with E-state index in [1.165, 1.54) is 8.99 Å². The summed E-state index contributed by atoms with van der Waals surface area (Å²) in [7, 11) is -2.12. The molecule has 0 saturated carbocycles. The van der Waals surface area contributed by atoms with Crippen molar-refractivity contribution in [1.82, 2.24) is 14.1 Å². The molecule has 0 bridgehead atoms. The largest absolute Gasteiger partial charge is 0.381 e. The lowest BCUT2D eigenvalue weighted by Gasteiger charge is -2.30. The molecule has 1 aromatic rings. The summed E-state index contributed by atoms with van der Waals surface area (Å²) in [6.45, 7) is 2.11. The van der Waals surface area contributed by atoms with Crippen LogP contribution in [0.5, 0.6) is 0 Å². The number of rotatable bonds is 3. The maximum Gasteiger partial charge on any atom is 0.248 e. The molecular weight excluding hydrogens is 282 g/mol. The van der Waals surface area contributed by atoms with Crippen LogP contribution in [-0.2, 0) is 21.9 Å². The van der Waals surface area contributed by atoms with E-state index in [1.54, 1.807) is 14.0 Å². The van der Waals surface area contributed by atoms with Crippen molar-refractivity contribution >= 4 is 21.7 Å². The highest BCUT2D eigenvalue weighted by Crippen LogP contribution is 2.28. The summed E-state index contributed by atoms with van der Waals surface area (Å²) in [4.78, 5) is 11.3. The fraction of sp³-hybridized carbons (Fsp3) is 0.636. The molecule has 0 aromatic carbocycles. The summed E-state index contributed by atoms with van der Waals surface area (Å²) in [5.74, 6) is -0.941. The summed E-state index contributed by atoms with van der Waals surface area (Å²) in [5, 5.41) is 3.92. The number of carbonyl (C=O) groups is 1. The average Bonchev–Trinajstić information content (AvgIpc) is 2.63. The molecule has 0 radical (unpaired) electrons. The van der Waals surface area contributed by atoms with Crippen molar-refractivity contribution in [3.8, 4) is 0 Å². The number of nitrogens with two attached hydrogens (primary N) is 2. The maximum atomic E-state index is 12.7. The van der Waals surface area contributed by atoms with Gasteiger partial charge in [0.2, 0.25) is 15.9 Å². The molecule has 9 heteroatoms. The van der Waals surface area contributed by atoms with Gasteiger partial charge in [-0.3, -0.25) is 9.48 Å². The molecule has 2 rings (SSSR count). The first-order valence-electron chi connectivity index (χ1n) is 6.33. The third-order valence-corrected chi connectivity index (χ3v) is 5.72. The second-order valence-corrected chi connectivity index (χ2v) is 6.90. The van der Waals surface area contributed by atoms with Gasteiger partial charge < -0.3 is 11.5 Å². The van der Waals surface area contributed by atoms with E-state index >= 15 is 0 Å². The predicted octanol–water partition coefficient (Wildman–Crippen LogP) is -0.803. The lowest BCUT2D eigenvalue weighted by molar-refractivity contribution is -0.122.